The molecular weight excluding hydrogens is 318 g/mol. The molecule has 0 saturated carbocycles. The zero-order valence-electron chi connectivity index (χ0n) is 9.72. The molecule has 4 heteroatoms. The molecule has 1 unspecified atom stereocenters. The minimum atomic E-state index is 0.788. The molecule has 1 heterocycles. The van der Waals surface area contributed by atoms with Gasteiger partial charge in [0.15, 0.2) is 0 Å². The molecule has 1 N–H and O–H groups in total. The van der Waals surface area contributed by atoms with E-state index in [-0.39, 0.29) is 0 Å². The summed E-state index contributed by atoms with van der Waals surface area (Å²) in [5.41, 5.74) is 1.25. The van der Waals surface area contributed by atoms with Crippen molar-refractivity contribution in [2.75, 3.05) is 12.3 Å². The normalized spacial score (nSPS) is 20.5. The maximum atomic E-state index is 6.06. The van der Waals surface area contributed by atoms with Crippen molar-refractivity contribution in [1.29, 1.82) is 0 Å². The SMILES string of the molecule is Clc1cc(CNCC2CCCCS2)ccc1Br. The number of nitrogens with one attached hydrogen (secondary N) is 1. The predicted octanol–water partition coefficient (Wildman–Crippen LogP) is 4.48. The number of hydrogen-bond acceptors (Lipinski definition) is 2. The molecule has 0 aromatic heterocycles. The van der Waals surface area contributed by atoms with E-state index in [2.05, 4.69) is 39.1 Å². The number of hydrogen-bond donors (Lipinski definition) is 1. The summed E-state index contributed by atoms with van der Waals surface area (Å²) in [7, 11) is 0. The quantitative estimate of drug-likeness (QED) is 0.871. The first-order valence-electron chi connectivity index (χ1n) is 6.02. The summed E-state index contributed by atoms with van der Waals surface area (Å²) in [5.74, 6) is 1.33. The third-order valence-electron chi connectivity index (χ3n) is 2.96. The number of halogens is 2. The van der Waals surface area contributed by atoms with Crippen molar-refractivity contribution in [3.05, 3.63) is 33.3 Å². The van der Waals surface area contributed by atoms with Crippen LogP contribution in [0, 0.1) is 0 Å². The van der Waals surface area contributed by atoms with E-state index in [1.165, 1.54) is 30.6 Å². The van der Waals surface area contributed by atoms with Crippen molar-refractivity contribution in [1.82, 2.24) is 5.32 Å². The second-order valence-electron chi connectivity index (χ2n) is 4.37. The Balaban J connectivity index is 1.75. The highest BCUT2D eigenvalue weighted by Gasteiger charge is 2.12. The van der Waals surface area contributed by atoms with Crippen molar-refractivity contribution in [2.24, 2.45) is 0 Å². The zero-order chi connectivity index (χ0) is 12.1. The van der Waals surface area contributed by atoms with Gasteiger partial charge in [0.1, 0.15) is 0 Å². The first-order valence-corrected chi connectivity index (χ1v) is 8.24. The Hall–Kier alpha value is 0.300. The Morgan fingerprint density at radius 3 is 3.00 bits per heavy atom. The number of benzene rings is 1. The topological polar surface area (TPSA) is 12.0 Å². The van der Waals surface area contributed by atoms with Gasteiger partial charge in [0.05, 0.1) is 5.02 Å². The van der Waals surface area contributed by atoms with Crippen LogP contribution in [-0.4, -0.2) is 17.5 Å². The van der Waals surface area contributed by atoms with Crippen LogP contribution in [0.4, 0.5) is 0 Å². The van der Waals surface area contributed by atoms with Gasteiger partial charge in [-0.1, -0.05) is 24.1 Å². The maximum absolute atomic E-state index is 6.06. The Morgan fingerprint density at radius 1 is 1.41 bits per heavy atom. The van der Waals surface area contributed by atoms with Gasteiger partial charge in [0, 0.05) is 22.8 Å². The average molecular weight is 335 g/mol. The van der Waals surface area contributed by atoms with Crippen molar-refractivity contribution < 1.29 is 0 Å². The van der Waals surface area contributed by atoms with Crippen LogP contribution in [0.15, 0.2) is 22.7 Å². The molecule has 0 amide bonds. The summed E-state index contributed by atoms with van der Waals surface area (Å²) >= 11 is 11.6. The summed E-state index contributed by atoms with van der Waals surface area (Å²) in [6, 6.07) is 6.14. The lowest BCUT2D eigenvalue weighted by Gasteiger charge is -2.21. The largest absolute Gasteiger partial charge is 0.312 e. The van der Waals surface area contributed by atoms with Gasteiger partial charge >= 0.3 is 0 Å². The molecule has 17 heavy (non-hydrogen) atoms. The van der Waals surface area contributed by atoms with Gasteiger partial charge in [0.2, 0.25) is 0 Å². The maximum Gasteiger partial charge on any atom is 0.0551 e. The monoisotopic (exact) mass is 333 g/mol. The molecule has 0 bridgehead atoms. The third kappa shape index (κ3) is 4.47. The standard InChI is InChI=1S/C13H17BrClNS/c14-12-5-4-10(7-13(12)15)8-16-9-11-3-1-2-6-17-11/h4-5,7,11,16H,1-3,6,8-9H2. The van der Waals surface area contributed by atoms with Crippen LogP contribution in [-0.2, 0) is 6.54 Å². The van der Waals surface area contributed by atoms with Gasteiger partial charge in [-0.05, 0) is 52.2 Å². The highest BCUT2D eigenvalue weighted by Crippen LogP contribution is 2.25. The Bertz CT molecular complexity index is 366. The summed E-state index contributed by atoms with van der Waals surface area (Å²) in [6.45, 7) is 2.02. The molecule has 0 aliphatic carbocycles. The summed E-state index contributed by atoms with van der Waals surface area (Å²) in [6.07, 6.45) is 4.14. The molecule has 1 aliphatic rings. The summed E-state index contributed by atoms with van der Waals surface area (Å²) in [4.78, 5) is 0. The average Bonchev–Trinajstić information content (AvgIpc) is 2.35. The Labute approximate surface area is 121 Å². The van der Waals surface area contributed by atoms with Crippen LogP contribution >= 0.6 is 39.3 Å². The van der Waals surface area contributed by atoms with E-state index in [9.17, 15) is 0 Å². The van der Waals surface area contributed by atoms with Gasteiger partial charge in [-0.15, -0.1) is 0 Å². The molecule has 0 spiro atoms. The summed E-state index contributed by atoms with van der Waals surface area (Å²) < 4.78 is 0.964. The van der Waals surface area contributed by atoms with Crippen molar-refractivity contribution in [2.45, 2.75) is 31.1 Å². The lowest BCUT2D eigenvalue weighted by atomic mass is 10.2. The van der Waals surface area contributed by atoms with Crippen LogP contribution in [0.5, 0.6) is 0 Å². The van der Waals surface area contributed by atoms with E-state index in [1.807, 2.05) is 12.1 Å². The van der Waals surface area contributed by atoms with Crippen LogP contribution in [0.3, 0.4) is 0 Å². The van der Waals surface area contributed by atoms with Crippen molar-refractivity contribution in [3.8, 4) is 0 Å². The van der Waals surface area contributed by atoms with E-state index in [1.54, 1.807) is 0 Å². The van der Waals surface area contributed by atoms with Gasteiger partial charge in [0.25, 0.3) is 0 Å². The zero-order valence-corrected chi connectivity index (χ0v) is 12.9. The van der Waals surface area contributed by atoms with Gasteiger partial charge in [-0.25, -0.2) is 0 Å². The van der Waals surface area contributed by atoms with E-state index in [0.29, 0.717) is 0 Å². The molecule has 1 atom stereocenters. The van der Waals surface area contributed by atoms with Crippen molar-refractivity contribution in [3.63, 3.8) is 0 Å². The Kier molecular flexibility index (Phi) is 5.67. The molecule has 1 aromatic rings. The minimum absolute atomic E-state index is 0.788. The fraction of sp³-hybridized carbons (Fsp3) is 0.538. The minimum Gasteiger partial charge on any atom is -0.312 e. The number of rotatable bonds is 4. The molecule has 94 valence electrons. The molecule has 0 radical (unpaired) electrons. The number of thioether (sulfide) groups is 1. The molecule has 2 rings (SSSR count). The molecular formula is C13H17BrClNS. The summed E-state index contributed by atoms with van der Waals surface area (Å²) in [5, 5.41) is 5.11. The molecule has 1 fully saturated rings. The fourth-order valence-corrected chi connectivity index (χ4v) is 3.72. The second-order valence-corrected chi connectivity index (χ2v) is 7.04. The lowest BCUT2D eigenvalue weighted by molar-refractivity contribution is 0.598. The smallest absolute Gasteiger partial charge is 0.0551 e. The van der Waals surface area contributed by atoms with E-state index in [4.69, 9.17) is 11.6 Å². The van der Waals surface area contributed by atoms with Crippen LogP contribution in [0.1, 0.15) is 24.8 Å². The predicted molar refractivity (Wildman–Crippen MR) is 81.0 cm³/mol. The Morgan fingerprint density at radius 2 is 2.29 bits per heavy atom. The first-order chi connectivity index (χ1) is 8.25. The van der Waals surface area contributed by atoms with Crippen LogP contribution < -0.4 is 5.32 Å². The van der Waals surface area contributed by atoms with E-state index < -0.39 is 0 Å². The van der Waals surface area contributed by atoms with Crippen molar-refractivity contribution >= 4 is 39.3 Å². The lowest BCUT2D eigenvalue weighted by Crippen LogP contribution is -2.26. The first kappa shape index (κ1) is 13.7. The molecule has 1 saturated heterocycles. The molecule has 1 nitrogen and oxygen atoms in total. The van der Waals surface area contributed by atoms with Crippen LogP contribution in [0.2, 0.25) is 5.02 Å². The molecule has 1 aromatic carbocycles. The van der Waals surface area contributed by atoms with Gasteiger partial charge in [-0.3, -0.25) is 0 Å². The third-order valence-corrected chi connectivity index (χ3v) is 5.59. The van der Waals surface area contributed by atoms with E-state index >= 15 is 0 Å². The highest BCUT2D eigenvalue weighted by molar-refractivity contribution is 9.10. The van der Waals surface area contributed by atoms with E-state index in [0.717, 1.165) is 27.8 Å². The fourth-order valence-electron chi connectivity index (χ4n) is 2.00. The highest BCUT2D eigenvalue weighted by atomic mass is 79.9. The van der Waals surface area contributed by atoms with Gasteiger partial charge in [-0.2, -0.15) is 11.8 Å². The molecule has 1 aliphatic heterocycles. The second kappa shape index (κ2) is 7.03. The van der Waals surface area contributed by atoms with Gasteiger partial charge < -0.3 is 5.32 Å². The van der Waals surface area contributed by atoms with Crippen LogP contribution in [0.25, 0.3) is 0 Å².